The minimum absolute atomic E-state index is 0.372. The van der Waals surface area contributed by atoms with Gasteiger partial charge in [0, 0.05) is 13.2 Å². The highest BCUT2D eigenvalue weighted by molar-refractivity contribution is 7.91. The molecule has 0 aromatic rings. The summed E-state index contributed by atoms with van der Waals surface area (Å²) >= 11 is 0. The summed E-state index contributed by atoms with van der Waals surface area (Å²) in [7, 11) is -4.51. The lowest BCUT2D eigenvalue weighted by atomic mass is 10.7. The number of halogens is 2. The van der Waals surface area contributed by atoms with E-state index in [-0.39, 0.29) is 0 Å². The summed E-state index contributed by atoms with van der Waals surface area (Å²) in [4.78, 5) is 10.1. The zero-order chi connectivity index (χ0) is 9.99. The van der Waals surface area contributed by atoms with E-state index in [4.69, 9.17) is 0 Å². The van der Waals surface area contributed by atoms with Crippen LogP contribution in [0, 0.1) is 0 Å². The molecule has 0 saturated heterocycles. The summed E-state index contributed by atoms with van der Waals surface area (Å²) < 4.78 is 49.4. The highest BCUT2D eigenvalue weighted by Crippen LogP contribution is 2.20. The smallest absolute Gasteiger partial charge is 0.378 e. The van der Waals surface area contributed by atoms with Gasteiger partial charge in [-0.05, 0) is 0 Å². The number of rotatable bonds is 3. The van der Waals surface area contributed by atoms with E-state index in [1.165, 1.54) is 0 Å². The zero-order valence-electron chi connectivity index (χ0n) is 6.50. The molecule has 0 unspecified atom stereocenters. The molecule has 0 aliphatic heterocycles. The third-order valence-corrected chi connectivity index (χ3v) is 2.19. The van der Waals surface area contributed by atoms with Gasteiger partial charge >= 0.3 is 11.2 Å². The average Bonchev–Trinajstić information content (AvgIpc) is 1.81. The lowest BCUT2D eigenvalue weighted by Crippen LogP contribution is -2.33. The second-order valence-corrected chi connectivity index (χ2v) is 4.33. The molecule has 0 radical (unpaired) electrons. The van der Waals surface area contributed by atoms with E-state index in [0.717, 1.165) is 6.92 Å². The highest BCUT2D eigenvalue weighted by atomic mass is 32.2. The first-order chi connectivity index (χ1) is 5.17. The van der Waals surface area contributed by atoms with Crippen LogP contribution in [-0.4, -0.2) is 32.5 Å². The lowest BCUT2D eigenvalue weighted by Gasteiger charge is -2.12. The maximum absolute atomic E-state index is 12.4. The molecule has 0 aromatic carbocycles. The molecule has 0 aliphatic rings. The Hall–Kier alpha value is -0.720. The van der Waals surface area contributed by atoms with Gasteiger partial charge in [-0.25, -0.2) is 8.42 Å². The lowest BCUT2D eigenvalue weighted by molar-refractivity contribution is -0.146. The maximum Gasteiger partial charge on any atom is 0.378 e. The largest absolute Gasteiger partial charge is 0.458 e. The Balaban J connectivity index is 4.35. The van der Waals surface area contributed by atoms with Crippen LogP contribution in [0.4, 0.5) is 8.78 Å². The third-order valence-electron chi connectivity index (χ3n) is 0.986. The first kappa shape index (κ1) is 11.3. The van der Waals surface area contributed by atoms with E-state index in [0.29, 0.717) is 6.26 Å². The van der Waals surface area contributed by atoms with E-state index < -0.39 is 27.7 Å². The number of carbonyl (C=O) groups is 1. The molecule has 0 aromatic heterocycles. The third kappa shape index (κ3) is 3.12. The molecule has 0 fully saturated rings. The molecule has 0 N–H and O–H groups in total. The quantitative estimate of drug-likeness (QED) is 0.613. The Morgan fingerprint density at radius 2 is 1.92 bits per heavy atom. The van der Waals surface area contributed by atoms with Gasteiger partial charge in [0.2, 0.25) is 9.84 Å². The highest BCUT2D eigenvalue weighted by Gasteiger charge is 2.42. The Bertz CT molecular complexity index is 269. The van der Waals surface area contributed by atoms with Gasteiger partial charge in [-0.1, -0.05) is 0 Å². The van der Waals surface area contributed by atoms with Crippen LogP contribution < -0.4 is 0 Å². The van der Waals surface area contributed by atoms with Gasteiger partial charge in [0.1, 0.15) is 0 Å². The Labute approximate surface area is 68.4 Å². The standard InChI is InChI=1S/C5H8F2O4S/c1-4(8)11-3-5(6,7)12(2,9)10/h3H2,1-2H3. The Morgan fingerprint density at radius 3 is 2.17 bits per heavy atom. The van der Waals surface area contributed by atoms with Crippen molar-refractivity contribution in [3.05, 3.63) is 0 Å². The predicted molar refractivity (Wildman–Crippen MR) is 36.4 cm³/mol. The second-order valence-electron chi connectivity index (χ2n) is 2.19. The summed E-state index contributed by atoms with van der Waals surface area (Å²) in [5.74, 6) is -0.946. The van der Waals surface area contributed by atoms with Crippen molar-refractivity contribution in [3.8, 4) is 0 Å². The molecular weight excluding hydrogens is 194 g/mol. The van der Waals surface area contributed by atoms with E-state index in [2.05, 4.69) is 4.74 Å². The number of hydrogen-bond donors (Lipinski definition) is 0. The van der Waals surface area contributed by atoms with Crippen molar-refractivity contribution in [2.45, 2.75) is 12.2 Å². The SMILES string of the molecule is CC(=O)OCC(F)(F)S(C)(=O)=O. The van der Waals surface area contributed by atoms with E-state index in [1.54, 1.807) is 0 Å². The topological polar surface area (TPSA) is 60.4 Å². The normalized spacial score (nSPS) is 12.7. The maximum atomic E-state index is 12.4. The Morgan fingerprint density at radius 1 is 1.50 bits per heavy atom. The molecule has 0 heterocycles. The number of hydrogen-bond acceptors (Lipinski definition) is 4. The van der Waals surface area contributed by atoms with Crippen molar-refractivity contribution >= 4 is 15.8 Å². The summed E-state index contributed by atoms with van der Waals surface area (Å²) in [5.41, 5.74) is 0. The summed E-state index contributed by atoms with van der Waals surface area (Å²) in [6, 6.07) is 0. The van der Waals surface area contributed by atoms with Crippen LogP contribution in [0.1, 0.15) is 6.92 Å². The fourth-order valence-electron chi connectivity index (χ4n) is 0.293. The van der Waals surface area contributed by atoms with Crippen molar-refractivity contribution in [1.29, 1.82) is 0 Å². The predicted octanol–water partition coefficient (Wildman–Crippen LogP) is 0.187. The molecule has 0 saturated carbocycles. The molecule has 0 spiro atoms. The van der Waals surface area contributed by atoms with Crippen LogP contribution >= 0.6 is 0 Å². The molecule has 0 amide bonds. The number of carbonyl (C=O) groups excluding carboxylic acids is 1. The molecule has 0 aliphatic carbocycles. The summed E-state index contributed by atoms with van der Waals surface area (Å²) in [6.07, 6.45) is 0.372. The monoisotopic (exact) mass is 202 g/mol. The van der Waals surface area contributed by atoms with Gasteiger partial charge in [-0.2, -0.15) is 8.78 Å². The van der Waals surface area contributed by atoms with Crippen LogP contribution in [0.2, 0.25) is 0 Å². The van der Waals surface area contributed by atoms with Gasteiger partial charge in [0.05, 0.1) is 0 Å². The van der Waals surface area contributed by atoms with Gasteiger partial charge in [-0.15, -0.1) is 0 Å². The number of alkyl halides is 2. The van der Waals surface area contributed by atoms with E-state index in [1.807, 2.05) is 0 Å². The molecular formula is C5H8F2O4S. The molecule has 7 heteroatoms. The van der Waals surface area contributed by atoms with Gasteiger partial charge in [0.25, 0.3) is 0 Å². The first-order valence-corrected chi connectivity index (χ1v) is 4.77. The minimum atomic E-state index is -4.51. The summed E-state index contributed by atoms with van der Waals surface area (Å²) in [6.45, 7) is -0.514. The first-order valence-electron chi connectivity index (χ1n) is 2.87. The number of esters is 1. The van der Waals surface area contributed by atoms with Crippen LogP contribution in [0.15, 0.2) is 0 Å². The fourth-order valence-corrected chi connectivity index (χ4v) is 0.566. The molecule has 0 bridgehead atoms. The van der Waals surface area contributed by atoms with Crippen molar-refractivity contribution in [2.24, 2.45) is 0 Å². The van der Waals surface area contributed by atoms with E-state index in [9.17, 15) is 22.0 Å². The molecule has 4 nitrogen and oxygen atoms in total. The van der Waals surface area contributed by atoms with E-state index >= 15 is 0 Å². The van der Waals surface area contributed by atoms with Crippen molar-refractivity contribution in [1.82, 2.24) is 0 Å². The van der Waals surface area contributed by atoms with Gasteiger partial charge < -0.3 is 4.74 Å². The van der Waals surface area contributed by atoms with Crippen LogP contribution in [0.25, 0.3) is 0 Å². The van der Waals surface area contributed by atoms with Crippen LogP contribution in [0.5, 0.6) is 0 Å². The fraction of sp³-hybridized carbons (Fsp3) is 0.800. The van der Waals surface area contributed by atoms with Crippen molar-refractivity contribution < 1.29 is 26.7 Å². The minimum Gasteiger partial charge on any atom is -0.458 e. The molecule has 12 heavy (non-hydrogen) atoms. The number of sulfone groups is 1. The van der Waals surface area contributed by atoms with Gasteiger partial charge in [-0.3, -0.25) is 4.79 Å². The van der Waals surface area contributed by atoms with Crippen molar-refractivity contribution in [2.75, 3.05) is 12.9 Å². The number of ether oxygens (including phenoxy) is 1. The molecule has 0 rings (SSSR count). The van der Waals surface area contributed by atoms with Crippen LogP contribution in [-0.2, 0) is 19.4 Å². The van der Waals surface area contributed by atoms with Crippen LogP contribution in [0.3, 0.4) is 0 Å². The average molecular weight is 202 g/mol. The Kier molecular flexibility index (Phi) is 3.14. The molecule has 72 valence electrons. The second kappa shape index (κ2) is 3.34. The van der Waals surface area contributed by atoms with Crippen molar-refractivity contribution in [3.63, 3.8) is 0 Å². The molecule has 0 atom stereocenters. The zero-order valence-corrected chi connectivity index (χ0v) is 7.32. The van der Waals surface area contributed by atoms with Gasteiger partial charge in [0.15, 0.2) is 6.61 Å². The summed E-state index contributed by atoms with van der Waals surface area (Å²) in [5, 5.41) is -4.00.